The van der Waals surface area contributed by atoms with Crippen molar-refractivity contribution in [2.75, 3.05) is 0 Å². The predicted molar refractivity (Wildman–Crippen MR) is 368 cm³/mol. The Balaban J connectivity index is 1.03. The molecule has 2 heterocycles. The van der Waals surface area contributed by atoms with Crippen LogP contribution < -0.4 is 0 Å². The molecule has 11 rings (SSSR count). The van der Waals surface area contributed by atoms with E-state index in [2.05, 4.69) is 189 Å². The van der Waals surface area contributed by atoms with E-state index in [1.165, 1.54) is 46.5 Å². The standard InChI is InChI=1S/C81H102F2N2O4/c1-48-35-54(82)43-64(62-37-52(80(15,16)46-76(3,4)5)41-70(72(62)86)84-66-27-23-21-25-58(66)59-26-22-24-28-67(59)84)74(48)88(19)56-31-32-57(45-56)89(20)75-49(2)36-55(83)44-65(75)63-38-53(81(17,18)47-77(6,7)8)42-71(73(63)87)85-68-39-50(78(9,10)11)29-33-60(68)61-34-30-51(40-69(61)85)79(12,13)14/h29-30,33-44,56-57,86-87H,19-28,31-32,45-47H2,1-18H3. The molecule has 8 heteroatoms. The molecule has 2 atom stereocenters. The number of aryl methyl sites for hydroxylation is 2. The first-order valence-corrected chi connectivity index (χ1v) is 33.2. The minimum absolute atomic E-state index is 0.0116. The predicted octanol–water partition coefficient (Wildman–Crippen LogP) is 22.7. The Morgan fingerprint density at radius 2 is 0.831 bits per heavy atom. The van der Waals surface area contributed by atoms with Crippen molar-refractivity contribution in [1.29, 1.82) is 0 Å². The highest BCUT2D eigenvalue weighted by Crippen LogP contribution is 2.55. The summed E-state index contributed by atoms with van der Waals surface area (Å²) in [5.41, 5.74) is 16.1. The topological polar surface area (TPSA) is 55.7 Å². The van der Waals surface area contributed by atoms with Crippen LogP contribution in [0.4, 0.5) is 8.78 Å². The van der Waals surface area contributed by atoms with Gasteiger partial charge in [-0.3, -0.25) is 0 Å². The Labute approximate surface area is 532 Å². The molecule has 1 fully saturated rings. The van der Waals surface area contributed by atoms with Crippen LogP contribution in [0, 0.1) is 50.5 Å². The zero-order valence-corrected chi connectivity index (χ0v) is 57.2. The first kappa shape index (κ1) is 64.0. The van der Waals surface area contributed by atoms with Crippen LogP contribution in [0.15, 0.2) is 84.9 Å². The summed E-state index contributed by atoms with van der Waals surface area (Å²) in [5, 5.41) is 28.7. The molecule has 0 bridgehead atoms. The van der Waals surface area contributed by atoms with Crippen molar-refractivity contribution in [1.82, 2.24) is 9.13 Å². The van der Waals surface area contributed by atoms with Gasteiger partial charge in [0.2, 0.25) is 11.5 Å². The fourth-order valence-corrected chi connectivity index (χ4v) is 16.5. The van der Waals surface area contributed by atoms with Crippen LogP contribution in [0.1, 0.15) is 224 Å². The van der Waals surface area contributed by atoms with Crippen LogP contribution >= 0.6 is 0 Å². The second-order valence-corrected chi connectivity index (χ2v) is 33.0. The number of nitrogens with zero attached hydrogens (tertiary/aromatic N) is 2. The number of hydrogen-bond donors (Lipinski definition) is 2. The van der Waals surface area contributed by atoms with Gasteiger partial charge >= 0.3 is 0 Å². The second-order valence-electron chi connectivity index (χ2n) is 33.0. The number of halogens is 2. The summed E-state index contributed by atoms with van der Waals surface area (Å²) in [6.45, 7) is 40.1. The van der Waals surface area contributed by atoms with Crippen LogP contribution in [0.3, 0.4) is 0 Å². The quantitative estimate of drug-likeness (QED) is 0.0946. The molecule has 474 valence electrons. The van der Waals surface area contributed by atoms with Gasteiger partial charge in [-0.05, 0) is 219 Å². The highest BCUT2D eigenvalue weighted by molar-refractivity contribution is 6.10. The molecule has 3 aliphatic rings. The molecule has 2 aromatic heterocycles. The third-order valence-electron chi connectivity index (χ3n) is 20.2. The number of hydrogen-bond acceptors (Lipinski definition) is 2. The number of rotatable bonds is 12. The lowest BCUT2D eigenvalue weighted by Crippen LogP contribution is -2.25. The molecule has 6 nitrogen and oxygen atoms in total. The van der Waals surface area contributed by atoms with E-state index in [0.29, 0.717) is 69.8 Å². The molecule has 6 aromatic carbocycles. The average Bonchev–Trinajstić information content (AvgIpc) is 1.75. The third-order valence-corrected chi connectivity index (χ3v) is 20.2. The van der Waals surface area contributed by atoms with E-state index >= 15 is 8.78 Å². The van der Waals surface area contributed by atoms with E-state index in [1.54, 1.807) is 24.3 Å². The first-order chi connectivity index (χ1) is 41.4. The Kier molecular flexibility index (Phi) is 16.3. The molecule has 0 saturated heterocycles. The minimum atomic E-state index is -0.408. The van der Waals surface area contributed by atoms with Crippen molar-refractivity contribution in [2.45, 2.75) is 242 Å². The van der Waals surface area contributed by atoms with Crippen molar-refractivity contribution in [3.8, 4) is 56.6 Å². The molecule has 3 aliphatic carbocycles. The smallest absolute Gasteiger partial charge is 0.238 e. The molecule has 8 aromatic rings. The maximum absolute atomic E-state index is 16.6. The van der Waals surface area contributed by atoms with Crippen LogP contribution in [0.5, 0.6) is 23.0 Å². The summed E-state index contributed by atoms with van der Waals surface area (Å²) in [5.74, 6) is 0.778. The number of phenols is 2. The molecule has 2 N–H and O–H groups in total. The molecule has 0 radical (unpaired) electrons. The SMILES string of the molecule is [CH2-][O+](c1c(C)cc(F)cc1-c1cc(C(C)(C)CC(C)(C)C)cc(-n2c3c(c4c2CCCC4)CCCC3)c1O)C1CCC([O+]([CH2-])c2c(C)cc(F)cc2-c2cc(C(C)(C)CC(C)(C)C)cc(-n3c4cc(C(C)(C)C)ccc4c4ccc(C(C)(C)C)cc43)c2O)C1. The lowest BCUT2D eigenvalue weighted by atomic mass is 9.71. The molecule has 0 amide bonds. The van der Waals surface area contributed by atoms with Gasteiger partial charge in [0, 0.05) is 57.3 Å². The molecular formula is C81H102F2N2O4. The summed E-state index contributed by atoms with van der Waals surface area (Å²) in [7, 11) is 9.53. The van der Waals surface area contributed by atoms with E-state index in [9.17, 15) is 10.2 Å². The van der Waals surface area contributed by atoms with E-state index in [0.717, 1.165) is 90.0 Å². The minimum Gasteiger partial charge on any atom is -0.709 e. The Bertz CT molecular complexity index is 3960. The molecule has 89 heavy (non-hydrogen) atoms. The largest absolute Gasteiger partial charge is 0.709 e. The number of benzene rings is 6. The van der Waals surface area contributed by atoms with Gasteiger partial charge in [-0.25, -0.2) is 8.78 Å². The van der Waals surface area contributed by atoms with Crippen molar-refractivity contribution in [3.63, 3.8) is 0 Å². The fraction of sp³-hybridized carbons (Fsp3) is 0.481. The molecule has 1 saturated carbocycles. The van der Waals surface area contributed by atoms with Crippen LogP contribution in [-0.4, -0.2) is 31.6 Å². The summed E-state index contributed by atoms with van der Waals surface area (Å²) >= 11 is 0. The van der Waals surface area contributed by atoms with Crippen molar-refractivity contribution < 1.29 is 27.7 Å². The summed E-state index contributed by atoms with van der Waals surface area (Å²) in [6, 6.07) is 28.4. The van der Waals surface area contributed by atoms with E-state index in [4.69, 9.17) is 14.2 Å². The molecule has 0 aliphatic heterocycles. The van der Waals surface area contributed by atoms with Crippen molar-refractivity contribution >= 4 is 21.8 Å². The van der Waals surface area contributed by atoms with Gasteiger partial charge in [0.15, 0.2) is 12.2 Å². The number of fused-ring (bicyclic) bond motifs is 6. The van der Waals surface area contributed by atoms with Crippen LogP contribution in [0.25, 0.3) is 55.4 Å². The monoisotopic (exact) mass is 1200 g/mol. The number of aromatic hydroxyl groups is 2. The molecule has 2 unspecified atom stereocenters. The zero-order valence-electron chi connectivity index (χ0n) is 57.2. The Morgan fingerprint density at radius 3 is 1.20 bits per heavy atom. The lowest BCUT2D eigenvalue weighted by molar-refractivity contribution is -0.0725. The van der Waals surface area contributed by atoms with Crippen molar-refractivity contribution in [3.05, 3.63) is 167 Å². The van der Waals surface area contributed by atoms with E-state index in [-0.39, 0.29) is 62.0 Å². The fourth-order valence-electron chi connectivity index (χ4n) is 16.5. The molecule has 0 spiro atoms. The average molecular weight is 1210 g/mol. The maximum Gasteiger partial charge on any atom is 0.238 e. The van der Waals surface area contributed by atoms with Gasteiger partial charge in [-0.2, -0.15) is 0 Å². The van der Waals surface area contributed by atoms with E-state index < -0.39 is 5.82 Å². The van der Waals surface area contributed by atoms with Gasteiger partial charge in [0.25, 0.3) is 0 Å². The van der Waals surface area contributed by atoms with E-state index in [1.807, 2.05) is 13.8 Å². The summed E-state index contributed by atoms with van der Waals surface area (Å²) < 4.78 is 44.1. The van der Waals surface area contributed by atoms with Gasteiger partial charge in [-0.15, -0.1) is 0 Å². The summed E-state index contributed by atoms with van der Waals surface area (Å²) in [6.07, 6.45) is 11.9. The van der Waals surface area contributed by atoms with Crippen molar-refractivity contribution in [2.24, 2.45) is 10.8 Å². The highest BCUT2D eigenvalue weighted by atomic mass is 19.1. The first-order valence-electron chi connectivity index (χ1n) is 33.2. The highest BCUT2D eigenvalue weighted by Gasteiger charge is 2.41. The van der Waals surface area contributed by atoms with Gasteiger partial charge in [0.05, 0.1) is 33.5 Å². The van der Waals surface area contributed by atoms with Gasteiger partial charge in [0.1, 0.15) is 29.6 Å². The summed E-state index contributed by atoms with van der Waals surface area (Å²) in [4.78, 5) is 0. The second kappa shape index (κ2) is 22.7. The normalized spacial score (nSPS) is 17.0. The number of phenolic OH excluding ortho intramolecular Hbond substituents is 2. The van der Waals surface area contributed by atoms with Gasteiger partial charge in [-0.1, -0.05) is 135 Å². The van der Waals surface area contributed by atoms with Crippen LogP contribution in [-0.2, 0) is 56.1 Å². The number of aromatic nitrogens is 2. The van der Waals surface area contributed by atoms with Gasteiger partial charge < -0.3 is 28.1 Å². The maximum atomic E-state index is 16.6. The zero-order chi connectivity index (χ0) is 64.6. The molecular weight excluding hydrogens is 1100 g/mol. The van der Waals surface area contributed by atoms with Crippen LogP contribution in [0.2, 0.25) is 0 Å². The third kappa shape index (κ3) is 12.1. The lowest BCUT2D eigenvalue weighted by Gasteiger charge is -2.39. The Morgan fingerprint density at radius 1 is 0.461 bits per heavy atom. The Hall–Kier alpha value is -6.54.